The van der Waals surface area contributed by atoms with Gasteiger partial charge in [0.25, 0.3) is 0 Å². The number of nitrogens with zero attached hydrogens (tertiary/aromatic N) is 3. The van der Waals surface area contributed by atoms with Crippen molar-refractivity contribution in [2.75, 3.05) is 19.7 Å². The smallest absolute Gasteiger partial charge is 0.326 e. The molecule has 5 aromatic rings. The number of amides is 15. The van der Waals surface area contributed by atoms with Crippen molar-refractivity contribution < 1.29 is 132 Å². The molecule has 52 heteroatoms. The number of aromatic amines is 3. The molecule has 0 aliphatic rings. The number of aliphatic hydroxyl groups is 1. The molecule has 0 saturated heterocycles. The number of carbonyl (C=O) groups is 20. The second kappa shape index (κ2) is 53.1. The number of nitrogens with two attached hydrogens (primary N) is 3. The summed E-state index contributed by atoms with van der Waals surface area (Å²) in [5.41, 5.74) is 17.4. The van der Waals surface area contributed by atoms with Gasteiger partial charge in [0.05, 0.1) is 68.1 Å². The Balaban J connectivity index is 1.35. The number of aliphatic carboxylic acids is 5. The number of primary amides is 1. The second-order valence-corrected chi connectivity index (χ2v) is 29.9. The van der Waals surface area contributed by atoms with Crippen molar-refractivity contribution in [2.45, 2.75) is 202 Å². The molecule has 32 N–H and O–H groups in total. The summed E-state index contributed by atoms with van der Waals surface area (Å²) in [6.07, 6.45) is -0.705. The molecule has 15 amide bonds. The Bertz CT molecular complexity index is 4750. The van der Waals surface area contributed by atoms with Crippen molar-refractivity contribution in [2.24, 2.45) is 23.1 Å². The highest BCUT2D eigenvalue weighted by atomic mass is 16.4. The minimum atomic E-state index is -2.19. The molecular weight excluding hydrogens is 1720 g/mol. The zero-order valence-electron chi connectivity index (χ0n) is 70.4. The first-order valence-electron chi connectivity index (χ1n) is 40.3. The van der Waals surface area contributed by atoms with Crippen LogP contribution in [-0.4, -0.2) is 294 Å². The molecule has 0 spiro atoms. The Labute approximate surface area is 738 Å². The summed E-state index contributed by atoms with van der Waals surface area (Å²) < 4.78 is 0. The molecular formula is C78H107N25O27. The van der Waals surface area contributed by atoms with Gasteiger partial charge in [0.2, 0.25) is 88.6 Å². The van der Waals surface area contributed by atoms with E-state index >= 15 is 0 Å². The van der Waals surface area contributed by atoms with Gasteiger partial charge in [0.15, 0.2) is 5.96 Å². The Hall–Kier alpha value is -15.5. The van der Waals surface area contributed by atoms with Crippen molar-refractivity contribution in [1.29, 1.82) is 5.41 Å². The minimum absolute atomic E-state index is 0.0511. The van der Waals surface area contributed by atoms with E-state index in [0.717, 1.165) is 6.92 Å². The van der Waals surface area contributed by atoms with E-state index in [1.807, 2.05) is 0 Å². The van der Waals surface area contributed by atoms with Crippen molar-refractivity contribution in [1.82, 2.24) is 110 Å². The predicted molar refractivity (Wildman–Crippen MR) is 446 cm³/mol. The quantitative estimate of drug-likeness (QED) is 0.00976. The van der Waals surface area contributed by atoms with Gasteiger partial charge < -0.3 is 148 Å². The Morgan fingerprint density at radius 2 is 0.777 bits per heavy atom. The zero-order chi connectivity index (χ0) is 96.4. The number of imidazole rings is 3. The van der Waals surface area contributed by atoms with Crippen LogP contribution in [0.4, 0.5) is 0 Å². The van der Waals surface area contributed by atoms with Crippen LogP contribution < -0.4 is 97.0 Å². The number of carbonyl (C=O) groups excluding carboxylic acids is 15. The summed E-state index contributed by atoms with van der Waals surface area (Å²) in [5, 5.41) is 112. The normalized spacial score (nSPS) is 14.2. The molecule has 0 saturated carbocycles. The highest BCUT2D eigenvalue weighted by Crippen LogP contribution is 2.16. The average Bonchev–Trinajstić information content (AvgIpc) is 0.971. The van der Waals surface area contributed by atoms with Gasteiger partial charge in [-0.1, -0.05) is 56.3 Å². The summed E-state index contributed by atoms with van der Waals surface area (Å²) in [5.74, 6) is -26.7. The number of carboxylic acid groups (broad SMARTS) is 5. The fourth-order valence-corrected chi connectivity index (χ4v) is 12.3. The van der Waals surface area contributed by atoms with Gasteiger partial charge in [-0.05, 0) is 68.2 Å². The van der Waals surface area contributed by atoms with Crippen LogP contribution in [0.2, 0.25) is 0 Å². The number of hydrogen-bond donors (Lipinski definition) is 29. The highest BCUT2D eigenvalue weighted by Gasteiger charge is 2.40. The average molecular weight is 1830 g/mol. The maximum Gasteiger partial charge on any atom is 0.326 e. The molecule has 3 aromatic heterocycles. The van der Waals surface area contributed by atoms with E-state index in [9.17, 15) is 127 Å². The monoisotopic (exact) mass is 1830 g/mol. The largest absolute Gasteiger partial charge is 0.508 e. The summed E-state index contributed by atoms with van der Waals surface area (Å²) in [4.78, 5) is 289. The third-order valence-electron chi connectivity index (χ3n) is 19.2. The number of benzene rings is 2. The van der Waals surface area contributed by atoms with E-state index in [1.54, 1.807) is 30.3 Å². The predicted octanol–water partition coefficient (Wildman–Crippen LogP) is -9.22. The van der Waals surface area contributed by atoms with Crippen LogP contribution in [0.3, 0.4) is 0 Å². The molecule has 5 rings (SSSR count). The molecule has 0 aliphatic carbocycles. The molecule has 0 radical (unpaired) electrons. The Morgan fingerprint density at radius 1 is 0.392 bits per heavy atom. The van der Waals surface area contributed by atoms with Crippen LogP contribution in [0.5, 0.6) is 5.75 Å². The number of rotatable bonds is 58. The van der Waals surface area contributed by atoms with Crippen LogP contribution in [0.1, 0.15) is 113 Å². The third-order valence-corrected chi connectivity index (χ3v) is 19.2. The van der Waals surface area contributed by atoms with E-state index in [-0.39, 0.29) is 67.0 Å². The van der Waals surface area contributed by atoms with Crippen LogP contribution >= 0.6 is 0 Å². The number of hydrogen-bond acceptors (Lipinski definition) is 27. The minimum Gasteiger partial charge on any atom is -0.508 e. The number of carboxylic acids is 5. The van der Waals surface area contributed by atoms with Crippen molar-refractivity contribution in [3.8, 4) is 5.75 Å². The van der Waals surface area contributed by atoms with Crippen molar-refractivity contribution in [3.05, 3.63) is 120 Å². The number of phenolic OH excluding ortho intramolecular Hbond substituents is 1. The first kappa shape index (κ1) is 105. The molecule has 52 nitrogen and oxygen atoms in total. The molecule has 0 aliphatic heterocycles. The summed E-state index contributed by atoms with van der Waals surface area (Å²) in [7, 11) is 0. The molecule has 0 bridgehead atoms. The Morgan fingerprint density at radius 3 is 1.20 bits per heavy atom. The molecule has 0 fully saturated rings. The van der Waals surface area contributed by atoms with Crippen LogP contribution in [0.25, 0.3) is 0 Å². The van der Waals surface area contributed by atoms with Crippen molar-refractivity contribution in [3.63, 3.8) is 0 Å². The number of guanidine groups is 1. The fraction of sp³-hybridized carbons (Fsp3) is 0.462. The number of aromatic hydroxyl groups is 1. The summed E-state index contributed by atoms with van der Waals surface area (Å²) >= 11 is 0. The lowest BCUT2D eigenvalue weighted by Gasteiger charge is -2.28. The number of aromatic nitrogens is 6. The first-order valence-corrected chi connectivity index (χ1v) is 40.3. The van der Waals surface area contributed by atoms with E-state index in [1.165, 1.54) is 75.7 Å². The van der Waals surface area contributed by atoms with Gasteiger partial charge in [-0.25, -0.2) is 19.7 Å². The van der Waals surface area contributed by atoms with Gasteiger partial charge in [0, 0.05) is 76.5 Å². The molecule has 0 unspecified atom stereocenters. The molecule has 3 heterocycles. The lowest BCUT2D eigenvalue weighted by atomic mass is 10.00. The van der Waals surface area contributed by atoms with E-state index in [2.05, 4.69) is 110 Å². The number of aliphatic hydroxyl groups excluding tert-OH is 1. The maximum atomic E-state index is 14.7. The topological polar surface area (TPSA) is 851 Å². The van der Waals surface area contributed by atoms with Gasteiger partial charge in [-0.15, -0.1) is 0 Å². The highest BCUT2D eigenvalue weighted by molar-refractivity contribution is 6.01. The number of nitrogens with one attached hydrogen (secondary N) is 19. The number of phenols is 1. The van der Waals surface area contributed by atoms with E-state index in [4.69, 9.17) is 27.7 Å². The molecule has 2 aromatic carbocycles. The maximum absolute atomic E-state index is 14.7. The standard InChI is InChI=1S/C78H107N25O27/c1-37(2)63(76(128)101-54(26-43-31-85-36-90-43)74(126)99-52(24-41-29-83-34-88-41)72(124)96-49(77(129)130)15-18-57(80)106)103-69(121)48(17-20-60(110)111)95-70(122)50(23-40-11-13-44(105)14-12-40)92-58(107)32-87-66(118)56(33-104)102-75(127)55(28-62(114)115)100-73(125)53(25-42-30-84-35-89-42)98-67(119)46(10-7-21-86-78(81)82)94-71(123)51(22-39-8-5-4-6-9-39)97-68(120)47(16-19-59(108)109)93-64(116)38(3)91-65(117)45(79)27-61(112)113/h4-6,8-9,11-14,29-31,34-38,45-56,63,104-105H,7,10,15-28,32-33,79H2,1-3H3,(H2,80,106)(H,83,88)(H,84,89)(H,85,90)(H,87,118)(H,91,117)(H,92,107)(H,93,116)(H,94,123)(H,95,122)(H,96,124)(H,97,120)(H,98,119)(H,99,126)(H,100,125)(H,101,128)(H,102,127)(H,103,121)(H,108,109)(H,110,111)(H,112,113)(H,114,115)(H,129,130)(H4,81,82,86)/t38-,45-,46-,47-,48-,49+,50-,51-,52+,53-,54+,55-,56-,63+/m1/s1. The van der Waals surface area contributed by atoms with Gasteiger partial charge in [-0.2, -0.15) is 0 Å². The fourth-order valence-electron chi connectivity index (χ4n) is 12.3. The van der Waals surface area contributed by atoms with Gasteiger partial charge >= 0.3 is 29.8 Å². The van der Waals surface area contributed by atoms with Crippen molar-refractivity contribution >= 4 is 124 Å². The van der Waals surface area contributed by atoms with Gasteiger partial charge in [0.1, 0.15) is 84.3 Å². The van der Waals surface area contributed by atoms with Crippen LogP contribution in [0.15, 0.2) is 92.2 Å². The molecule has 130 heavy (non-hydrogen) atoms. The van der Waals surface area contributed by atoms with Crippen LogP contribution in [-0.2, 0) is 128 Å². The third kappa shape index (κ3) is 37.7. The summed E-state index contributed by atoms with van der Waals surface area (Å²) in [6, 6.07) is -11.7. The van der Waals surface area contributed by atoms with Crippen LogP contribution in [0, 0.1) is 11.3 Å². The zero-order valence-corrected chi connectivity index (χ0v) is 70.4. The molecule has 706 valence electrons. The van der Waals surface area contributed by atoms with Gasteiger partial charge in [-0.3, -0.25) is 96.5 Å². The Kier molecular flexibility index (Phi) is 42.9. The SMILES string of the molecule is CC(C)[C@H](NC(=O)[C@@H](CCC(=O)O)NC(=O)[C@@H](Cc1ccc(O)cc1)NC(=O)CNC(=O)[C@@H](CO)NC(=O)[C@@H](CC(=O)O)NC(=O)[C@@H](Cc1c[nH]cn1)NC(=O)[C@@H](CCCNC(=N)N)NC(=O)[C@@H](Cc1ccccc1)NC(=O)[C@@H](CCC(=O)O)NC(=O)[C@@H](C)NC(=O)[C@H](N)CC(=O)O)C(=O)N[C@@H](Cc1c[nH]cn1)C(=O)N[C@@H](Cc1c[nH]cn1)C(=O)N[C@@H](CCC(N)=O)C(=O)O. The number of H-pyrrole nitrogens is 3. The lowest BCUT2D eigenvalue weighted by Crippen LogP contribution is -2.61. The summed E-state index contributed by atoms with van der Waals surface area (Å²) in [6.45, 7) is 1.55. The lowest BCUT2D eigenvalue weighted by molar-refractivity contribution is -0.143. The molecule has 14 atom stereocenters. The van der Waals surface area contributed by atoms with E-state index < -0.39 is 292 Å². The second-order valence-electron chi connectivity index (χ2n) is 29.9. The van der Waals surface area contributed by atoms with E-state index in [0.29, 0.717) is 5.56 Å². The first-order chi connectivity index (χ1) is 61.5.